The maximum absolute atomic E-state index is 2.50. The normalized spacial score (nSPS) is 12.2. The van der Waals surface area contributed by atoms with Gasteiger partial charge in [0.1, 0.15) is 7.05 Å². The predicted octanol–water partition coefficient (Wildman–Crippen LogP) is 7.27. The first-order chi connectivity index (χ1) is 15.7. The molecule has 0 unspecified atom stereocenters. The molecule has 32 heavy (non-hydrogen) atoms. The van der Waals surface area contributed by atoms with Gasteiger partial charge >= 0.3 is 0 Å². The number of para-hydroxylation sites is 1. The Kier molecular flexibility index (Phi) is 3.65. The summed E-state index contributed by atoms with van der Waals surface area (Å²) in [6.07, 6.45) is 2.20. The standard InChI is InChI=1S/C29H21N2S/c1-18-12-13-23-22-10-6-7-11-24(22)31-25-17-21(32-20-8-4-3-5-9-20)16-19-14-15-30(2)29(27(19)25)26(18)28(23)31/h3-17H,1-2H3/q+1. The van der Waals surface area contributed by atoms with Gasteiger partial charge in [-0.25, -0.2) is 4.57 Å². The molecule has 0 aliphatic heterocycles. The van der Waals surface area contributed by atoms with Crippen LogP contribution in [0.15, 0.2) is 101 Å². The highest BCUT2D eigenvalue weighted by Crippen LogP contribution is 2.42. The topological polar surface area (TPSA) is 8.29 Å². The molecule has 3 heteroatoms. The van der Waals surface area contributed by atoms with E-state index < -0.39 is 0 Å². The van der Waals surface area contributed by atoms with Crippen molar-refractivity contribution in [2.75, 3.05) is 0 Å². The first-order valence-electron chi connectivity index (χ1n) is 10.9. The molecule has 2 nitrogen and oxygen atoms in total. The summed E-state index contributed by atoms with van der Waals surface area (Å²) >= 11 is 1.83. The molecule has 7 aromatic rings. The van der Waals surface area contributed by atoms with Crippen molar-refractivity contribution in [3.63, 3.8) is 0 Å². The molecule has 0 radical (unpaired) electrons. The van der Waals surface area contributed by atoms with Crippen molar-refractivity contribution in [1.82, 2.24) is 4.40 Å². The maximum atomic E-state index is 2.50. The molecule has 0 spiro atoms. The zero-order chi connectivity index (χ0) is 21.4. The van der Waals surface area contributed by atoms with Crippen LogP contribution in [0.1, 0.15) is 5.56 Å². The second-order valence-corrected chi connectivity index (χ2v) is 9.75. The van der Waals surface area contributed by atoms with Crippen LogP contribution in [0.3, 0.4) is 0 Å². The lowest BCUT2D eigenvalue weighted by Crippen LogP contribution is -2.28. The highest BCUT2D eigenvalue weighted by Gasteiger charge is 2.24. The zero-order valence-corrected chi connectivity index (χ0v) is 18.8. The summed E-state index contributed by atoms with van der Waals surface area (Å²) in [5.41, 5.74) is 6.50. The summed E-state index contributed by atoms with van der Waals surface area (Å²) in [5.74, 6) is 0. The van der Waals surface area contributed by atoms with E-state index in [0.717, 1.165) is 0 Å². The average Bonchev–Trinajstić information content (AvgIpc) is 3.15. The van der Waals surface area contributed by atoms with Gasteiger partial charge in [0, 0.05) is 26.6 Å². The largest absolute Gasteiger partial charge is 0.307 e. The average molecular weight is 430 g/mol. The Hall–Kier alpha value is -3.56. The van der Waals surface area contributed by atoms with Gasteiger partial charge in [0.05, 0.1) is 27.3 Å². The van der Waals surface area contributed by atoms with Crippen molar-refractivity contribution in [3.8, 4) is 0 Å². The van der Waals surface area contributed by atoms with Crippen LogP contribution >= 0.6 is 11.8 Å². The van der Waals surface area contributed by atoms with E-state index in [4.69, 9.17) is 0 Å². The summed E-state index contributed by atoms with van der Waals surface area (Å²) in [5, 5.41) is 6.60. The number of rotatable bonds is 2. The lowest BCUT2D eigenvalue weighted by molar-refractivity contribution is -0.643. The highest BCUT2D eigenvalue weighted by molar-refractivity contribution is 7.99. The SMILES string of the molecule is Cc1ccc2c3ccccc3n3c4cc(Sc5ccccc5)cc5cc[n+](C)c(c1c23)c54. The number of fused-ring (bicyclic) bond motifs is 5. The molecule has 3 aromatic heterocycles. The second kappa shape index (κ2) is 6.47. The van der Waals surface area contributed by atoms with Gasteiger partial charge in [-0.05, 0) is 48.2 Å². The zero-order valence-electron chi connectivity index (χ0n) is 18.0. The molecule has 0 amide bonds. The maximum Gasteiger partial charge on any atom is 0.224 e. The van der Waals surface area contributed by atoms with Crippen LogP contribution in [-0.4, -0.2) is 4.40 Å². The monoisotopic (exact) mass is 429 g/mol. The molecule has 0 saturated heterocycles. The molecule has 0 fully saturated rings. The number of aryl methyl sites for hydroxylation is 2. The van der Waals surface area contributed by atoms with Crippen molar-refractivity contribution < 1.29 is 4.57 Å². The first kappa shape index (κ1) is 18.1. The fraction of sp³-hybridized carbons (Fsp3) is 0.0690. The first-order valence-corrected chi connectivity index (χ1v) is 11.8. The van der Waals surface area contributed by atoms with Crippen LogP contribution in [0.5, 0.6) is 0 Å². The Morgan fingerprint density at radius 2 is 1.53 bits per heavy atom. The van der Waals surface area contributed by atoms with Gasteiger partial charge < -0.3 is 4.40 Å². The number of hydrogen-bond donors (Lipinski definition) is 0. The lowest BCUT2D eigenvalue weighted by Gasteiger charge is -2.14. The summed E-state index contributed by atoms with van der Waals surface area (Å²) in [6.45, 7) is 2.24. The molecule has 0 aliphatic rings. The fourth-order valence-corrected chi connectivity index (χ4v) is 6.25. The van der Waals surface area contributed by atoms with Crippen LogP contribution in [0.2, 0.25) is 0 Å². The van der Waals surface area contributed by atoms with Gasteiger partial charge in [-0.15, -0.1) is 0 Å². The Labute approximate surface area is 190 Å². The number of hydrogen-bond acceptors (Lipinski definition) is 1. The lowest BCUT2D eigenvalue weighted by atomic mass is 10.00. The van der Waals surface area contributed by atoms with E-state index in [1.54, 1.807) is 0 Å². The van der Waals surface area contributed by atoms with E-state index in [2.05, 4.69) is 114 Å². The van der Waals surface area contributed by atoms with Gasteiger partial charge in [0.25, 0.3) is 0 Å². The van der Waals surface area contributed by atoms with E-state index >= 15 is 0 Å². The Morgan fingerprint density at radius 3 is 2.41 bits per heavy atom. The van der Waals surface area contributed by atoms with Crippen LogP contribution in [0.4, 0.5) is 0 Å². The minimum absolute atomic E-state index is 1.26. The number of aromatic nitrogens is 2. The summed E-state index contributed by atoms with van der Waals surface area (Å²) in [7, 11) is 2.17. The Morgan fingerprint density at radius 1 is 0.719 bits per heavy atom. The van der Waals surface area contributed by atoms with Crippen molar-refractivity contribution in [1.29, 1.82) is 0 Å². The van der Waals surface area contributed by atoms with E-state index in [0.29, 0.717) is 0 Å². The molecule has 0 bridgehead atoms. The minimum Gasteiger partial charge on any atom is -0.307 e. The van der Waals surface area contributed by atoms with Crippen LogP contribution < -0.4 is 4.57 Å². The number of nitrogens with zero attached hydrogens (tertiary/aromatic N) is 2. The van der Waals surface area contributed by atoms with Crippen molar-refractivity contribution in [2.45, 2.75) is 16.7 Å². The van der Waals surface area contributed by atoms with Crippen molar-refractivity contribution >= 4 is 60.8 Å². The Balaban J connectivity index is 1.74. The quantitative estimate of drug-likeness (QED) is 0.159. The summed E-state index contributed by atoms with van der Waals surface area (Å²) < 4.78 is 4.79. The molecule has 3 heterocycles. The van der Waals surface area contributed by atoms with Gasteiger partial charge in [0.15, 0.2) is 6.20 Å². The number of pyridine rings is 2. The number of benzene rings is 4. The van der Waals surface area contributed by atoms with Crippen molar-refractivity contribution in [3.05, 3.63) is 96.7 Å². The van der Waals surface area contributed by atoms with Gasteiger partial charge in [-0.3, -0.25) is 0 Å². The molecule has 0 aliphatic carbocycles. The predicted molar refractivity (Wildman–Crippen MR) is 135 cm³/mol. The van der Waals surface area contributed by atoms with Crippen LogP contribution in [0, 0.1) is 6.92 Å². The smallest absolute Gasteiger partial charge is 0.224 e. The fourth-order valence-electron chi connectivity index (χ4n) is 5.32. The molecule has 7 rings (SSSR count). The highest BCUT2D eigenvalue weighted by atomic mass is 32.2. The molecular weight excluding hydrogens is 408 g/mol. The third kappa shape index (κ3) is 2.34. The third-order valence-corrected chi connectivity index (χ3v) is 7.67. The van der Waals surface area contributed by atoms with Gasteiger partial charge in [0.2, 0.25) is 5.52 Å². The molecule has 0 saturated carbocycles. The van der Waals surface area contributed by atoms with Gasteiger partial charge in [-0.1, -0.05) is 60.3 Å². The molecule has 0 atom stereocenters. The summed E-state index contributed by atoms with van der Waals surface area (Å²) in [4.78, 5) is 2.52. The molecule has 0 N–H and O–H groups in total. The minimum atomic E-state index is 1.26. The van der Waals surface area contributed by atoms with E-state index in [9.17, 15) is 0 Å². The molecule has 4 aromatic carbocycles. The van der Waals surface area contributed by atoms with Gasteiger partial charge in [-0.2, -0.15) is 0 Å². The Bertz CT molecular complexity index is 1810. The molecule has 152 valence electrons. The third-order valence-electron chi connectivity index (χ3n) is 6.69. The second-order valence-electron chi connectivity index (χ2n) is 8.60. The van der Waals surface area contributed by atoms with E-state index in [-0.39, 0.29) is 0 Å². The molecular formula is C29H21N2S+. The van der Waals surface area contributed by atoms with Crippen molar-refractivity contribution in [2.24, 2.45) is 7.05 Å². The van der Waals surface area contributed by atoms with Crippen LogP contribution in [-0.2, 0) is 7.05 Å². The van der Waals surface area contributed by atoms with Crippen LogP contribution in [0.25, 0.3) is 49.0 Å². The van der Waals surface area contributed by atoms with E-state index in [1.165, 1.54) is 64.4 Å². The summed E-state index contributed by atoms with van der Waals surface area (Å²) in [6, 6.07) is 31.0. The van der Waals surface area contributed by atoms with E-state index in [1.807, 2.05) is 11.8 Å².